The molecule has 3 heterocycles. The highest BCUT2D eigenvalue weighted by Gasteiger charge is 2.29. The number of piperidine rings is 1. The number of nitrogens with two attached hydrogens (primary N) is 1. The zero-order chi connectivity index (χ0) is 25.2. The molecule has 1 atom stereocenters. The number of nitrogens with one attached hydrogen (secondary N) is 1. The minimum atomic E-state index is -1.08. The van der Waals surface area contributed by atoms with Crippen LogP contribution in [-0.4, -0.2) is 71.3 Å². The molecule has 9 nitrogen and oxygen atoms in total. The Morgan fingerprint density at radius 1 is 1.34 bits per heavy atom. The number of primary amides is 1. The first-order valence-electron chi connectivity index (χ1n) is 11.9. The molecular formula is C26H32N4O5. The van der Waals surface area contributed by atoms with Crippen molar-refractivity contribution in [1.29, 1.82) is 0 Å². The summed E-state index contributed by atoms with van der Waals surface area (Å²) in [5.41, 5.74) is 5.36. The van der Waals surface area contributed by atoms with E-state index in [1.165, 1.54) is 0 Å². The van der Waals surface area contributed by atoms with Crippen LogP contribution in [0.4, 0.5) is 0 Å². The predicted molar refractivity (Wildman–Crippen MR) is 131 cm³/mol. The van der Waals surface area contributed by atoms with E-state index in [0.717, 1.165) is 13.1 Å². The molecule has 2 aliphatic heterocycles. The van der Waals surface area contributed by atoms with Crippen LogP contribution in [0.1, 0.15) is 55.5 Å². The van der Waals surface area contributed by atoms with Crippen LogP contribution in [0.5, 0.6) is 11.6 Å². The molecular weight excluding hydrogens is 448 g/mol. The summed E-state index contributed by atoms with van der Waals surface area (Å²) in [7, 11) is 2.02. The van der Waals surface area contributed by atoms with Gasteiger partial charge >= 0.3 is 0 Å². The van der Waals surface area contributed by atoms with Gasteiger partial charge in [0, 0.05) is 49.3 Å². The number of aliphatic hydroxyl groups is 1. The van der Waals surface area contributed by atoms with E-state index >= 15 is 0 Å². The molecule has 0 spiro atoms. The summed E-state index contributed by atoms with van der Waals surface area (Å²) >= 11 is 0. The number of aromatic nitrogens is 1. The van der Waals surface area contributed by atoms with E-state index in [4.69, 9.17) is 15.2 Å². The molecule has 1 aromatic heterocycles. The molecule has 0 bridgehead atoms. The lowest BCUT2D eigenvalue weighted by atomic mass is 9.92. The first-order chi connectivity index (χ1) is 16.6. The van der Waals surface area contributed by atoms with Crippen molar-refractivity contribution in [2.75, 3.05) is 26.7 Å². The van der Waals surface area contributed by atoms with Crippen LogP contribution in [0.15, 0.2) is 18.3 Å². The summed E-state index contributed by atoms with van der Waals surface area (Å²) < 4.78 is 11.9. The van der Waals surface area contributed by atoms with E-state index < -0.39 is 11.5 Å². The lowest BCUT2D eigenvalue weighted by molar-refractivity contribution is -0.119. The molecule has 2 saturated heterocycles. The highest BCUT2D eigenvalue weighted by Crippen LogP contribution is 2.34. The third kappa shape index (κ3) is 5.84. The monoisotopic (exact) mass is 480 g/mol. The van der Waals surface area contributed by atoms with Crippen LogP contribution in [0.25, 0.3) is 10.8 Å². The second kappa shape index (κ2) is 10.1. The maximum atomic E-state index is 12.2. The summed E-state index contributed by atoms with van der Waals surface area (Å²) in [6.45, 7) is 5.51. The van der Waals surface area contributed by atoms with Crippen molar-refractivity contribution in [3.05, 3.63) is 29.5 Å². The van der Waals surface area contributed by atoms with E-state index in [-0.39, 0.29) is 30.2 Å². The van der Waals surface area contributed by atoms with Gasteiger partial charge in [0.05, 0.1) is 23.3 Å². The van der Waals surface area contributed by atoms with Crippen molar-refractivity contribution < 1.29 is 24.2 Å². The van der Waals surface area contributed by atoms with Gasteiger partial charge in [-0.2, -0.15) is 0 Å². The Morgan fingerprint density at radius 3 is 2.71 bits per heavy atom. The fraction of sp³-hybridized carbons (Fsp3) is 0.500. The van der Waals surface area contributed by atoms with Gasteiger partial charge in [-0.3, -0.25) is 9.59 Å². The molecule has 0 radical (unpaired) electrons. The van der Waals surface area contributed by atoms with Gasteiger partial charge in [0.1, 0.15) is 18.0 Å². The molecule has 0 saturated carbocycles. The molecule has 186 valence electrons. The largest absolute Gasteiger partial charge is 0.490 e. The third-order valence-electron chi connectivity index (χ3n) is 6.33. The van der Waals surface area contributed by atoms with Crippen LogP contribution in [0.2, 0.25) is 0 Å². The minimum absolute atomic E-state index is 0.00704. The molecule has 9 heteroatoms. The van der Waals surface area contributed by atoms with Gasteiger partial charge < -0.3 is 30.5 Å². The number of pyridine rings is 1. The Kier molecular flexibility index (Phi) is 7.15. The smallest absolute Gasteiger partial charge is 0.252 e. The first kappa shape index (κ1) is 24.8. The second-order valence-electron chi connectivity index (χ2n) is 9.60. The number of carbonyl (C=O) groups is 2. The molecule has 2 aliphatic rings. The Labute approximate surface area is 205 Å². The topological polar surface area (TPSA) is 127 Å². The van der Waals surface area contributed by atoms with Crippen LogP contribution in [0, 0.1) is 11.8 Å². The van der Waals surface area contributed by atoms with Crippen molar-refractivity contribution in [1.82, 2.24) is 15.2 Å². The molecule has 0 aliphatic carbocycles. The predicted octanol–water partition coefficient (Wildman–Crippen LogP) is 1.59. The summed E-state index contributed by atoms with van der Waals surface area (Å²) in [5.74, 6) is 6.17. The number of hydrogen-bond acceptors (Lipinski definition) is 7. The molecule has 2 aromatic rings. The molecule has 1 aromatic carbocycles. The number of benzene rings is 1. The molecule has 4 rings (SSSR count). The standard InChI is InChI=1S/C26H32N4O5/c1-16(2)35-22-13-20-19(12-21(22)24(27)32)17(6-7-26(33)8-10-30(3)11-9-26)14-28-25(20)34-15-18-4-5-23(31)29-18/h12-14,16,18,33H,4-5,8-11,15H2,1-3H3,(H2,27,32)(H,29,31). The number of hydrogen-bond donors (Lipinski definition) is 3. The second-order valence-corrected chi connectivity index (χ2v) is 9.60. The van der Waals surface area contributed by atoms with E-state index in [9.17, 15) is 14.7 Å². The van der Waals surface area contributed by atoms with E-state index in [2.05, 4.69) is 27.0 Å². The fourth-order valence-corrected chi connectivity index (χ4v) is 4.28. The summed E-state index contributed by atoms with van der Waals surface area (Å²) in [6, 6.07) is 3.25. The Balaban J connectivity index is 1.75. The Bertz CT molecular complexity index is 1190. The minimum Gasteiger partial charge on any atom is -0.490 e. The number of amides is 2. The molecule has 1 unspecified atom stereocenters. The number of rotatable bonds is 6. The average molecular weight is 481 g/mol. The van der Waals surface area contributed by atoms with Crippen molar-refractivity contribution >= 4 is 22.6 Å². The van der Waals surface area contributed by atoms with E-state index in [1.54, 1.807) is 18.3 Å². The lowest BCUT2D eigenvalue weighted by Crippen LogP contribution is -2.41. The fourth-order valence-electron chi connectivity index (χ4n) is 4.28. The van der Waals surface area contributed by atoms with Crippen molar-refractivity contribution in [3.63, 3.8) is 0 Å². The first-order valence-corrected chi connectivity index (χ1v) is 11.9. The van der Waals surface area contributed by atoms with Crippen molar-refractivity contribution in [2.45, 2.75) is 57.3 Å². The number of ether oxygens (including phenoxy) is 2. The van der Waals surface area contributed by atoms with Gasteiger partial charge in [0.2, 0.25) is 11.8 Å². The molecule has 2 fully saturated rings. The van der Waals surface area contributed by atoms with Crippen molar-refractivity contribution in [3.8, 4) is 23.5 Å². The van der Waals surface area contributed by atoms with Gasteiger partial charge in [-0.25, -0.2) is 4.98 Å². The maximum absolute atomic E-state index is 12.2. The average Bonchev–Trinajstić information content (AvgIpc) is 3.23. The summed E-state index contributed by atoms with van der Waals surface area (Å²) in [6.07, 6.45) is 3.66. The summed E-state index contributed by atoms with van der Waals surface area (Å²) in [5, 5.41) is 15.0. The molecule has 2 amide bonds. The Hall–Kier alpha value is -3.35. The van der Waals surface area contributed by atoms with E-state index in [0.29, 0.717) is 53.6 Å². The van der Waals surface area contributed by atoms with Gasteiger partial charge in [-0.15, -0.1) is 0 Å². The van der Waals surface area contributed by atoms with Crippen LogP contribution >= 0.6 is 0 Å². The SMILES string of the molecule is CC(C)Oc1cc2c(OCC3CCC(=O)N3)ncc(C#CC3(O)CCN(C)CC3)c2cc1C(N)=O. The quantitative estimate of drug-likeness (QED) is 0.536. The third-order valence-corrected chi connectivity index (χ3v) is 6.33. The number of fused-ring (bicyclic) bond motifs is 1. The Morgan fingerprint density at radius 2 is 2.09 bits per heavy atom. The van der Waals surface area contributed by atoms with Gasteiger partial charge in [-0.1, -0.05) is 11.8 Å². The van der Waals surface area contributed by atoms with Gasteiger partial charge in [0.25, 0.3) is 5.91 Å². The lowest BCUT2D eigenvalue weighted by Gasteiger charge is -2.32. The van der Waals surface area contributed by atoms with Crippen LogP contribution in [0.3, 0.4) is 0 Å². The summed E-state index contributed by atoms with van der Waals surface area (Å²) in [4.78, 5) is 30.4. The van der Waals surface area contributed by atoms with Gasteiger partial charge in [-0.05, 0) is 39.4 Å². The number of carbonyl (C=O) groups excluding carboxylic acids is 2. The highest BCUT2D eigenvalue weighted by atomic mass is 16.5. The van der Waals surface area contributed by atoms with Gasteiger partial charge in [0.15, 0.2) is 0 Å². The zero-order valence-electron chi connectivity index (χ0n) is 20.4. The molecule has 4 N–H and O–H groups in total. The highest BCUT2D eigenvalue weighted by molar-refractivity contribution is 6.03. The normalized spacial score (nSPS) is 19.8. The van der Waals surface area contributed by atoms with Crippen LogP contribution in [-0.2, 0) is 4.79 Å². The van der Waals surface area contributed by atoms with E-state index in [1.807, 2.05) is 20.9 Å². The van der Waals surface area contributed by atoms with Crippen LogP contribution < -0.4 is 20.5 Å². The molecule has 35 heavy (non-hydrogen) atoms. The maximum Gasteiger partial charge on any atom is 0.252 e. The number of likely N-dealkylation sites (tertiary alicyclic amines) is 1. The zero-order valence-corrected chi connectivity index (χ0v) is 20.4. The van der Waals surface area contributed by atoms with Crippen molar-refractivity contribution in [2.24, 2.45) is 5.73 Å². The number of nitrogens with zero attached hydrogens (tertiary/aromatic N) is 2.